The highest BCUT2D eigenvalue weighted by Crippen LogP contribution is 2.44. The average Bonchev–Trinajstić information content (AvgIpc) is 3.29. The first-order chi connectivity index (χ1) is 14.0. The highest BCUT2D eigenvalue weighted by molar-refractivity contribution is 5.83. The van der Waals surface area contributed by atoms with E-state index in [1.807, 2.05) is 6.08 Å². The molecule has 4 N–H and O–H groups in total. The molecule has 0 aliphatic carbocycles. The summed E-state index contributed by atoms with van der Waals surface area (Å²) in [5.41, 5.74) is 0. The maximum atomic E-state index is 12.1. The van der Waals surface area contributed by atoms with Crippen molar-refractivity contribution in [1.29, 1.82) is 0 Å². The predicted molar refractivity (Wildman–Crippen MR) is 109 cm³/mol. The lowest BCUT2D eigenvalue weighted by molar-refractivity contribution is -0.137. The molecule has 2 rings (SSSR count). The van der Waals surface area contributed by atoms with Gasteiger partial charge in [0.1, 0.15) is 0 Å². The standard InChI is InChI=1S/C21H35N3O5/c1-2-3-12-22-21(28)24-14-19(25)23-13-16-15(17-10-11-18(16)29-17)8-6-4-5-7-9-20(26)27/h4,6,15-18H,2-3,5,7-14H2,1H3,(H,23,25)(H,26,27)(H2,22,24,28)/t15-,16+,17-,18+/m0/s1. The third-order valence-electron chi connectivity index (χ3n) is 5.69. The summed E-state index contributed by atoms with van der Waals surface area (Å²) < 4.78 is 6.05. The molecule has 2 heterocycles. The smallest absolute Gasteiger partial charge is 0.315 e. The summed E-state index contributed by atoms with van der Waals surface area (Å²) in [6.07, 6.45) is 11.1. The second-order valence-electron chi connectivity index (χ2n) is 7.88. The summed E-state index contributed by atoms with van der Waals surface area (Å²) in [7, 11) is 0. The van der Waals surface area contributed by atoms with Gasteiger partial charge in [-0.2, -0.15) is 0 Å². The fourth-order valence-electron chi connectivity index (χ4n) is 4.12. The van der Waals surface area contributed by atoms with E-state index in [-0.39, 0.29) is 43.0 Å². The molecule has 164 valence electrons. The molecule has 8 heteroatoms. The van der Waals surface area contributed by atoms with Gasteiger partial charge in [-0.05, 0) is 44.4 Å². The number of aliphatic carboxylic acids is 1. The van der Waals surface area contributed by atoms with E-state index in [2.05, 4.69) is 29.0 Å². The summed E-state index contributed by atoms with van der Waals surface area (Å²) >= 11 is 0. The van der Waals surface area contributed by atoms with Crippen molar-refractivity contribution in [3.63, 3.8) is 0 Å². The van der Waals surface area contributed by atoms with Crippen LogP contribution in [0, 0.1) is 11.8 Å². The van der Waals surface area contributed by atoms with Gasteiger partial charge in [-0.3, -0.25) is 9.59 Å². The van der Waals surface area contributed by atoms with Crippen LogP contribution in [0.25, 0.3) is 0 Å². The van der Waals surface area contributed by atoms with Crippen molar-refractivity contribution in [3.8, 4) is 0 Å². The van der Waals surface area contributed by atoms with E-state index >= 15 is 0 Å². The minimum absolute atomic E-state index is 0.0340. The second kappa shape index (κ2) is 12.5. The van der Waals surface area contributed by atoms with Gasteiger partial charge < -0.3 is 25.8 Å². The largest absolute Gasteiger partial charge is 0.481 e. The molecule has 4 atom stereocenters. The quantitative estimate of drug-likeness (QED) is 0.275. The second-order valence-corrected chi connectivity index (χ2v) is 7.88. The van der Waals surface area contributed by atoms with Crippen LogP contribution in [0.2, 0.25) is 0 Å². The fraction of sp³-hybridized carbons (Fsp3) is 0.762. The number of urea groups is 1. The Morgan fingerprint density at radius 3 is 2.52 bits per heavy atom. The number of fused-ring (bicyclic) bond motifs is 2. The Labute approximate surface area is 172 Å². The molecule has 2 bridgehead atoms. The summed E-state index contributed by atoms with van der Waals surface area (Å²) in [4.78, 5) is 34.2. The van der Waals surface area contributed by atoms with E-state index in [4.69, 9.17) is 9.84 Å². The molecule has 2 fully saturated rings. The Balaban J connectivity index is 1.68. The minimum Gasteiger partial charge on any atom is -0.481 e. The highest BCUT2D eigenvalue weighted by Gasteiger charge is 2.47. The Morgan fingerprint density at radius 2 is 1.79 bits per heavy atom. The van der Waals surface area contributed by atoms with E-state index in [9.17, 15) is 14.4 Å². The van der Waals surface area contributed by atoms with Crippen LogP contribution in [0.15, 0.2) is 12.2 Å². The van der Waals surface area contributed by atoms with Gasteiger partial charge in [0.2, 0.25) is 5.91 Å². The van der Waals surface area contributed by atoms with Crippen molar-refractivity contribution >= 4 is 17.9 Å². The van der Waals surface area contributed by atoms with Crippen molar-refractivity contribution in [2.24, 2.45) is 11.8 Å². The molecule has 2 saturated heterocycles. The molecule has 0 radical (unpaired) electrons. The third-order valence-corrected chi connectivity index (χ3v) is 5.69. The first-order valence-electron chi connectivity index (χ1n) is 10.8. The third kappa shape index (κ3) is 8.04. The topological polar surface area (TPSA) is 117 Å². The number of rotatable bonds is 13. The maximum absolute atomic E-state index is 12.1. The number of allylic oxidation sites excluding steroid dienone is 2. The normalized spacial score (nSPS) is 25.3. The molecular formula is C21H35N3O5. The number of amides is 3. The Bertz CT molecular complexity index is 581. The summed E-state index contributed by atoms with van der Waals surface area (Å²) in [5.74, 6) is -0.306. The van der Waals surface area contributed by atoms with Crippen molar-refractivity contribution in [2.75, 3.05) is 19.6 Å². The molecule has 8 nitrogen and oxygen atoms in total. The highest BCUT2D eigenvalue weighted by atomic mass is 16.5. The molecule has 2 aliphatic rings. The van der Waals surface area contributed by atoms with Gasteiger partial charge in [0.15, 0.2) is 0 Å². The zero-order valence-corrected chi connectivity index (χ0v) is 17.3. The van der Waals surface area contributed by atoms with Crippen LogP contribution in [0.3, 0.4) is 0 Å². The van der Waals surface area contributed by atoms with E-state index in [0.29, 0.717) is 25.4 Å². The van der Waals surface area contributed by atoms with Crippen molar-refractivity contribution in [1.82, 2.24) is 16.0 Å². The van der Waals surface area contributed by atoms with Crippen molar-refractivity contribution in [3.05, 3.63) is 12.2 Å². The molecule has 3 amide bonds. The minimum atomic E-state index is -0.761. The van der Waals surface area contributed by atoms with Crippen LogP contribution < -0.4 is 16.0 Å². The number of carboxylic acids is 1. The molecule has 0 aromatic heterocycles. The molecular weight excluding hydrogens is 374 g/mol. The molecule has 29 heavy (non-hydrogen) atoms. The number of carboxylic acid groups (broad SMARTS) is 1. The lowest BCUT2D eigenvalue weighted by Gasteiger charge is -2.27. The van der Waals surface area contributed by atoms with Gasteiger partial charge in [-0.1, -0.05) is 25.5 Å². The van der Waals surface area contributed by atoms with E-state index in [0.717, 1.165) is 38.5 Å². The van der Waals surface area contributed by atoms with Crippen LogP contribution >= 0.6 is 0 Å². The van der Waals surface area contributed by atoms with Gasteiger partial charge >= 0.3 is 12.0 Å². The lowest BCUT2D eigenvalue weighted by Crippen LogP contribution is -2.44. The summed E-state index contributed by atoms with van der Waals surface area (Å²) in [6.45, 7) is 3.18. The number of hydrogen-bond donors (Lipinski definition) is 4. The van der Waals surface area contributed by atoms with Gasteiger partial charge in [-0.15, -0.1) is 0 Å². The lowest BCUT2D eigenvalue weighted by atomic mass is 9.77. The van der Waals surface area contributed by atoms with Crippen LogP contribution in [0.1, 0.15) is 58.3 Å². The Hall–Kier alpha value is -2.09. The first-order valence-corrected chi connectivity index (χ1v) is 10.8. The first kappa shape index (κ1) is 23.2. The molecule has 0 aromatic carbocycles. The molecule has 2 aliphatic heterocycles. The number of carbonyl (C=O) groups excluding carboxylic acids is 2. The fourth-order valence-corrected chi connectivity index (χ4v) is 4.12. The zero-order chi connectivity index (χ0) is 21.1. The predicted octanol–water partition coefficient (Wildman–Crippen LogP) is 2.20. The molecule has 0 saturated carbocycles. The van der Waals surface area contributed by atoms with Crippen LogP contribution in [-0.2, 0) is 14.3 Å². The van der Waals surface area contributed by atoms with Crippen molar-refractivity contribution < 1.29 is 24.2 Å². The van der Waals surface area contributed by atoms with Gasteiger partial charge in [0, 0.05) is 25.4 Å². The van der Waals surface area contributed by atoms with E-state index in [1.165, 1.54) is 0 Å². The zero-order valence-electron chi connectivity index (χ0n) is 17.3. The van der Waals surface area contributed by atoms with Crippen LogP contribution in [-0.4, -0.2) is 54.9 Å². The van der Waals surface area contributed by atoms with Crippen LogP contribution in [0.5, 0.6) is 0 Å². The molecule has 0 aromatic rings. The number of ether oxygens (including phenoxy) is 1. The van der Waals surface area contributed by atoms with Crippen LogP contribution in [0.4, 0.5) is 4.79 Å². The maximum Gasteiger partial charge on any atom is 0.315 e. The number of nitrogens with one attached hydrogen (secondary N) is 3. The Kier molecular flexibility index (Phi) is 9.97. The van der Waals surface area contributed by atoms with Crippen molar-refractivity contribution in [2.45, 2.75) is 70.5 Å². The molecule has 0 unspecified atom stereocenters. The van der Waals surface area contributed by atoms with Gasteiger partial charge in [0.05, 0.1) is 18.8 Å². The Morgan fingerprint density at radius 1 is 1.03 bits per heavy atom. The summed E-state index contributed by atoms with van der Waals surface area (Å²) in [6, 6.07) is -0.317. The van der Waals surface area contributed by atoms with Gasteiger partial charge in [-0.25, -0.2) is 4.79 Å². The van der Waals surface area contributed by atoms with Gasteiger partial charge in [0.25, 0.3) is 0 Å². The van der Waals surface area contributed by atoms with E-state index < -0.39 is 5.97 Å². The average molecular weight is 410 g/mol. The number of hydrogen-bond acceptors (Lipinski definition) is 4. The summed E-state index contributed by atoms with van der Waals surface area (Å²) in [5, 5.41) is 16.9. The van der Waals surface area contributed by atoms with E-state index in [1.54, 1.807) is 0 Å². The monoisotopic (exact) mass is 409 g/mol. The number of unbranched alkanes of at least 4 members (excludes halogenated alkanes) is 2. The number of carbonyl (C=O) groups is 3. The molecule has 0 spiro atoms. The SMILES string of the molecule is CCCCNC(=O)NCC(=O)NC[C@@H]1[C@H](CC=CCCCC(=O)O)[C@@H]2CC[C@H]1O2.